The number of nitrogens with one attached hydrogen (secondary N) is 2. The van der Waals surface area contributed by atoms with Crippen molar-refractivity contribution in [1.82, 2.24) is 15.5 Å². The molecule has 134 valence electrons. The van der Waals surface area contributed by atoms with E-state index in [9.17, 15) is 9.59 Å². The zero-order valence-corrected chi connectivity index (χ0v) is 14.8. The molecule has 2 saturated heterocycles. The number of piperidine rings is 2. The van der Waals surface area contributed by atoms with E-state index in [1.807, 2.05) is 0 Å². The van der Waals surface area contributed by atoms with Crippen LogP contribution >= 0.6 is 12.4 Å². The molecular weight excluding hydrogens is 330 g/mol. The van der Waals surface area contributed by atoms with Crippen molar-refractivity contribution in [3.63, 3.8) is 0 Å². The summed E-state index contributed by atoms with van der Waals surface area (Å²) in [6.45, 7) is 3.70. The molecular formula is C17H26ClN3O3. The number of amides is 2. The molecule has 0 bridgehead atoms. The van der Waals surface area contributed by atoms with Gasteiger partial charge in [0.25, 0.3) is 5.91 Å². The Labute approximate surface area is 148 Å². The van der Waals surface area contributed by atoms with E-state index in [1.54, 1.807) is 17.0 Å². The maximum absolute atomic E-state index is 12.7. The van der Waals surface area contributed by atoms with Gasteiger partial charge in [0, 0.05) is 18.6 Å². The average molecular weight is 356 g/mol. The van der Waals surface area contributed by atoms with E-state index >= 15 is 0 Å². The second-order valence-corrected chi connectivity index (χ2v) is 6.49. The number of carbonyl (C=O) groups is 2. The first kappa shape index (κ1) is 18.8. The predicted molar refractivity (Wildman–Crippen MR) is 93.3 cm³/mol. The van der Waals surface area contributed by atoms with Gasteiger partial charge in [0.1, 0.15) is 6.04 Å². The summed E-state index contributed by atoms with van der Waals surface area (Å²) < 4.78 is 5.21. The lowest BCUT2D eigenvalue weighted by Crippen LogP contribution is -2.58. The molecule has 2 N–H and O–H groups in total. The summed E-state index contributed by atoms with van der Waals surface area (Å²) in [5.74, 6) is 0.0761. The molecule has 3 atom stereocenters. The van der Waals surface area contributed by atoms with Crippen molar-refractivity contribution in [3.8, 4) is 0 Å². The standard InChI is InChI=1S/C17H25N3O3.ClH/c1-12-13(6-4-9-18-12)19-16(21)14-7-2-3-10-20(14)17(22)15-8-5-11-23-15;/h5,8,11-14,18H,2-4,6-7,9-10H2,1H3,(H,19,21);1H. The summed E-state index contributed by atoms with van der Waals surface area (Å²) >= 11 is 0. The molecule has 2 aliphatic heterocycles. The Morgan fingerprint density at radius 3 is 2.83 bits per heavy atom. The molecule has 2 aliphatic rings. The van der Waals surface area contributed by atoms with Gasteiger partial charge in [-0.05, 0) is 57.7 Å². The minimum Gasteiger partial charge on any atom is -0.459 e. The highest BCUT2D eigenvalue weighted by Crippen LogP contribution is 2.21. The first-order valence-electron chi connectivity index (χ1n) is 8.55. The molecule has 0 radical (unpaired) electrons. The van der Waals surface area contributed by atoms with Crippen LogP contribution in [0, 0.1) is 0 Å². The summed E-state index contributed by atoms with van der Waals surface area (Å²) in [4.78, 5) is 27.0. The molecule has 2 amide bonds. The van der Waals surface area contributed by atoms with Gasteiger partial charge in [0.05, 0.1) is 6.26 Å². The van der Waals surface area contributed by atoms with Crippen molar-refractivity contribution in [2.75, 3.05) is 13.1 Å². The minimum absolute atomic E-state index is 0. The third kappa shape index (κ3) is 4.11. The Morgan fingerprint density at radius 1 is 1.29 bits per heavy atom. The number of hydrogen-bond acceptors (Lipinski definition) is 4. The molecule has 0 aromatic carbocycles. The molecule has 2 fully saturated rings. The van der Waals surface area contributed by atoms with Gasteiger partial charge in [-0.1, -0.05) is 0 Å². The fraction of sp³-hybridized carbons (Fsp3) is 0.647. The highest BCUT2D eigenvalue weighted by molar-refractivity contribution is 5.95. The summed E-state index contributed by atoms with van der Waals surface area (Å²) in [6.07, 6.45) is 6.15. The van der Waals surface area contributed by atoms with Crippen molar-refractivity contribution in [1.29, 1.82) is 0 Å². The van der Waals surface area contributed by atoms with Crippen LogP contribution in [0.1, 0.15) is 49.6 Å². The van der Waals surface area contributed by atoms with Gasteiger partial charge in [0.15, 0.2) is 5.76 Å². The number of nitrogens with zero attached hydrogens (tertiary/aromatic N) is 1. The van der Waals surface area contributed by atoms with Gasteiger partial charge in [-0.2, -0.15) is 0 Å². The van der Waals surface area contributed by atoms with Crippen molar-refractivity contribution < 1.29 is 14.0 Å². The second-order valence-electron chi connectivity index (χ2n) is 6.49. The molecule has 3 unspecified atom stereocenters. The summed E-state index contributed by atoms with van der Waals surface area (Å²) in [5.41, 5.74) is 0. The quantitative estimate of drug-likeness (QED) is 0.869. The normalized spacial score (nSPS) is 27.2. The molecule has 3 rings (SSSR count). The average Bonchev–Trinajstić information content (AvgIpc) is 3.11. The number of likely N-dealkylation sites (tertiary alicyclic amines) is 1. The summed E-state index contributed by atoms with van der Waals surface area (Å²) in [5, 5.41) is 6.53. The SMILES string of the molecule is CC1NCCCC1NC(=O)C1CCCCN1C(=O)c1ccco1.Cl. The van der Waals surface area contributed by atoms with Crippen LogP contribution < -0.4 is 10.6 Å². The van der Waals surface area contributed by atoms with Crippen molar-refractivity contribution in [3.05, 3.63) is 24.2 Å². The first-order valence-corrected chi connectivity index (χ1v) is 8.55. The second kappa shape index (κ2) is 8.53. The summed E-state index contributed by atoms with van der Waals surface area (Å²) in [6, 6.07) is 3.36. The molecule has 0 aliphatic carbocycles. The zero-order valence-electron chi connectivity index (χ0n) is 14.0. The van der Waals surface area contributed by atoms with Gasteiger partial charge in [0.2, 0.25) is 5.91 Å². The van der Waals surface area contributed by atoms with E-state index in [0.717, 1.165) is 32.2 Å². The highest BCUT2D eigenvalue weighted by atomic mass is 35.5. The molecule has 1 aromatic heterocycles. The minimum atomic E-state index is -0.393. The van der Waals surface area contributed by atoms with Crippen LogP contribution in [-0.4, -0.2) is 47.9 Å². The Morgan fingerprint density at radius 2 is 2.12 bits per heavy atom. The number of hydrogen-bond donors (Lipinski definition) is 2. The van der Waals surface area contributed by atoms with Gasteiger partial charge in [-0.15, -0.1) is 12.4 Å². The van der Waals surface area contributed by atoms with E-state index < -0.39 is 6.04 Å². The number of rotatable bonds is 3. The van der Waals surface area contributed by atoms with Crippen LogP contribution in [0.5, 0.6) is 0 Å². The molecule has 7 heteroatoms. The molecule has 24 heavy (non-hydrogen) atoms. The smallest absolute Gasteiger partial charge is 0.290 e. The lowest BCUT2D eigenvalue weighted by Gasteiger charge is -2.37. The lowest BCUT2D eigenvalue weighted by atomic mass is 9.97. The van der Waals surface area contributed by atoms with Gasteiger partial charge in [-0.25, -0.2) is 0 Å². The van der Waals surface area contributed by atoms with E-state index in [2.05, 4.69) is 17.6 Å². The van der Waals surface area contributed by atoms with Crippen LogP contribution in [0.2, 0.25) is 0 Å². The van der Waals surface area contributed by atoms with Crippen LogP contribution in [-0.2, 0) is 4.79 Å². The van der Waals surface area contributed by atoms with E-state index in [-0.39, 0.29) is 36.3 Å². The van der Waals surface area contributed by atoms with Gasteiger partial charge < -0.3 is 20.0 Å². The van der Waals surface area contributed by atoms with Crippen LogP contribution in [0.15, 0.2) is 22.8 Å². The highest BCUT2D eigenvalue weighted by Gasteiger charge is 2.35. The Hall–Kier alpha value is -1.53. The molecule has 1 aromatic rings. The number of carbonyl (C=O) groups excluding carboxylic acids is 2. The predicted octanol–water partition coefficient (Wildman–Crippen LogP) is 1.95. The lowest BCUT2D eigenvalue weighted by molar-refractivity contribution is -0.127. The topological polar surface area (TPSA) is 74.6 Å². The molecule has 6 nitrogen and oxygen atoms in total. The van der Waals surface area contributed by atoms with Crippen molar-refractivity contribution >= 4 is 24.2 Å². The third-order valence-electron chi connectivity index (χ3n) is 4.89. The monoisotopic (exact) mass is 355 g/mol. The Kier molecular flexibility index (Phi) is 6.69. The van der Waals surface area contributed by atoms with Gasteiger partial charge >= 0.3 is 0 Å². The van der Waals surface area contributed by atoms with Crippen LogP contribution in [0.25, 0.3) is 0 Å². The maximum Gasteiger partial charge on any atom is 0.290 e. The largest absolute Gasteiger partial charge is 0.459 e. The van der Waals surface area contributed by atoms with E-state index in [1.165, 1.54) is 6.26 Å². The van der Waals surface area contributed by atoms with Crippen molar-refractivity contribution in [2.24, 2.45) is 0 Å². The van der Waals surface area contributed by atoms with Crippen molar-refractivity contribution in [2.45, 2.75) is 57.2 Å². The Balaban J connectivity index is 0.00000208. The van der Waals surface area contributed by atoms with Crippen LogP contribution in [0.4, 0.5) is 0 Å². The fourth-order valence-corrected chi connectivity index (χ4v) is 3.51. The van der Waals surface area contributed by atoms with Gasteiger partial charge in [-0.3, -0.25) is 9.59 Å². The van der Waals surface area contributed by atoms with E-state index in [4.69, 9.17) is 4.42 Å². The Bertz CT molecular complexity index is 549. The van der Waals surface area contributed by atoms with Crippen LogP contribution in [0.3, 0.4) is 0 Å². The number of furan rings is 1. The maximum atomic E-state index is 12.7. The number of halogens is 1. The first-order chi connectivity index (χ1) is 11.2. The third-order valence-corrected chi connectivity index (χ3v) is 4.89. The molecule has 0 saturated carbocycles. The zero-order chi connectivity index (χ0) is 16.2. The molecule has 0 spiro atoms. The van der Waals surface area contributed by atoms with E-state index in [0.29, 0.717) is 18.7 Å². The molecule has 3 heterocycles. The summed E-state index contributed by atoms with van der Waals surface area (Å²) in [7, 11) is 0. The fourth-order valence-electron chi connectivity index (χ4n) is 3.51.